The Balaban J connectivity index is 1.92. The Morgan fingerprint density at radius 3 is 3.12 bits per heavy atom. The van der Waals surface area contributed by atoms with Crippen LogP contribution in [0.25, 0.3) is 0 Å². The van der Waals surface area contributed by atoms with Crippen molar-refractivity contribution in [1.29, 1.82) is 0 Å². The largest absolute Gasteiger partial charge is 0.473 e. The average molecular weight is 224 g/mol. The molecule has 0 atom stereocenters. The number of hydrogen-bond acceptors (Lipinski definition) is 5. The molecule has 0 amide bonds. The average Bonchev–Trinajstić information content (AvgIpc) is 2.21. The Morgan fingerprint density at radius 1 is 1.69 bits per heavy atom. The van der Waals surface area contributed by atoms with Gasteiger partial charge in [0.2, 0.25) is 5.88 Å². The highest BCUT2D eigenvalue weighted by molar-refractivity contribution is 5.44. The van der Waals surface area contributed by atoms with Crippen molar-refractivity contribution in [1.82, 2.24) is 15.3 Å². The fraction of sp³-hybridized carbons (Fsp3) is 0.600. The lowest BCUT2D eigenvalue weighted by molar-refractivity contribution is 0.0622. The van der Waals surface area contributed by atoms with Gasteiger partial charge < -0.3 is 20.8 Å². The number of H-pyrrole nitrogens is 1. The molecule has 0 aliphatic heterocycles. The number of nitrogens with one attached hydrogen (secondary N) is 2. The van der Waals surface area contributed by atoms with Crippen LogP contribution >= 0.6 is 0 Å². The van der Waals surface area contributed by atoms with Gasteiger partial charge in [-0.05, 0) is 32.4 Å². The van der Waals surface area contributed by atoms with Gasteiger partial charge in [-0.2, -0.15) is 0 Å². The maximum Gasteiger partial charge on any atom is 0.277 e. The number of rotatable bonds is 4. The zero-order valence-corrected chi connectivity index (χ0v) is 9.19. The second-order valence-corrected chi connectivity index (χ2v) is 4.09. The lowest BCUT2D eigenvalue weighted by Gasteiger charge is -2.34. The summed E-state index contributed by atoms with van der Waals surface area (Å²) < 4.78 is 5.55. The van der Waals surface area contributed by atoms with E-state index in [1.165, 1.54) is 6.33 Å². The van der Waals surface area contributed by atoms with Crippen LogP contribution < -0.4 is 21.3 Å². The predicted octanol–water partition coefficient (Wildman–Crippen LogP) is -0.271. The highest BCUT2D eigenvalue weighted by atomic mass is 16.5. The summed E-state index contributed by atoms with van der Waals surface area (Å²) in [7, 11) is 1.93. The Kier molecular flexibility index (Phi) is 3.09. The molecule has 6 nitrogen and oxygen atoms in total. The van der Waals surface area contributed by atoms with Crippen LogP contribution in [0.1, 0.15) is 12.8 Å². The molecule has 1 fully saturated rings. The second kappa shape index (κ2) is 4.52. The van der Waals surface area contributed by atoms with E-state index < -0.39 is 0 Å². The number of ether oxygens (including phenoxy) is 1. The van der Waals surface area contributed by atoms with Gasteiger partial charge in [-0.1, -0.05) is 0 Å². The quantitative estimate of drug-likeness (QED) is 0.654. The number of aromatic amines is 1. The summed E-state index contributed by atoms with van der Waals surface area (Å²) in [6, 6.07) is 0. The molecule has 1 aliphatic rings. The smallest absolute Gasteiger partial charge is 0.277 e. The van der Waals surface area contributed by atoms with Crippen molar-refractivity contribution < 1.29 is 4.74 Å². The molecule has 1 aromatic rings. The van der Waals surface area contributed by atoms with Crippen molar-refractivity contribution in [3.63, 3.8) is 0 Å². The van der Waals surface area contributed by atoms with E-state index in [0.717, 1.165) is 19.4 Å². The highest BCUT2D eigenvalue weighted by Gasteiger charge is 2.31. The summed E-state index contributed by atoms with van der Waals surface area (Å²) in [5, 5.41) is 3.12. The number of aromatic nitrogens is 2. The molecule has 0 bridgehead atoms. The van der Waals surface area contributed by atoms with E-state index in [4.69, 9.17) is 10.5 Å². The van der Waals surface area contributed by atoms with Crippen molar-refractivity contribution >= 4 is 5.69 Å². The van der Waals surface area contributed by atoms with Crippen LogP contribution in [-0.2, 0) is 0 Å². The molecule has 4 N–H and O–H groups in total. The third-order valence-corrected chi connectivity index (χ3v) is 2.82. The third kappa shape index (κ3) is 2.16. The third-order valence-electron chi connectivity index (χ3n) is 2.82. The molecule has 1 aliphatic carbocycles. The second-order valence-electron chi connectivity index (χ2n) is 4.09. The van der Waals surface area contributed by atoms with E-state index in [0.29, 0.717) is 5.92 Å². The van der Waals surface area contributed by atoms with Crippen LogP contribution in [-0.4, -0.2) is 29.7 Å². The topological polar surface area (TPSA) is 93.0 Å². The normalized spacial score (nSPS) is 23.8. The van der Waals surface area contributed by atoms with Crippen molar-refractivity contribution in [3.05, 3.63) is 16.7 Å². The van der Waals surface area contributed by atoms with Crippen LogP contribution in [0.5, 0.6) is 5.88 Å². The first-order chi connectivity index (χ1) is 7.70. The van der Waals surface area contributed by atoms with E-state index in [9.17, 15) is 4.79 Å². The summed E-state index contributed by atoms with van der Waals surface area (Å²) in [6.45, 7) is 0.998. The van der Waals surface area contributed by atoms with Crippen molar-refractivity contribution in [2.24, 2.45) is 5.92 Å². The highest BCUT2D eigenvalue weighted by Crippen LogP contribution is 2.30. The standard InChI is InChI=1S/C10H16N4O2/c1-12-4-6-2-7(3-6)16-10-8(11)9(15)13-5-14-10/h5-7,12H,2-4,11H2,1H3,(H,13,14,15). The SMILES string of the molecule is CNCC1CC(Oc2nc[nH]c(=O)c2N)C1. The molecule has 0 radical (unpaired) electrons. The van der Waals surface area contributed by atoms with E-state index in [1.807, 2.05) is 7.05 Å². The summed E-state index contributed by atoms with van der Waals surface area (Å²) in [5.74, 6) is 0.898. The van der Waals surface area contributed by atoms with Gasteiger partial charge in [0.25, 0.3) is 5.56 Å². The maximum atomic E-state index is 11.2. The fourth-order valence-corrected chi connectivity index (χ4v) is 1.87. The van der Waals surface area contributed by atoms with Crippen molar-refractivity contribution in [2.45, 2.75) is 18.9 Å². The van der Waals surface area contributed by atoms with Crippen LogP contribution in [0.4, 0.5) is 5.69 Å². The van der Waals surface area contributed by atoms with Gasteiger partial charge in [0.15, 0.2) is 5.69 Å². The van der Waals surface area contributed by atoms with Crippen molar-refractivity contribution in [2.75, 3.05) is 19.3 Å². The summed E-state index contributed by atoms with van der Waals surface area (Å²) >= 11 is 0. The summed E-state index contributed by atoms with van der Waals surface area (Å²) in [6.07, 6.45) is 3.40. The number of anilines is 1. The Morgan fingerprint density at radius 2 is 2.44 bits per heavy atom. The predicted molar refractivity (Wildman–Crippen MR) is 60.3 cm³/mol. The van der Waals surface area contributed by atoms with Gasteiger partial charge in [-0.3, -0.25) is 4.79 Å². The molecular formula is C10H16N4O2. The van der Waals surface area contributed by atoms with Crippen LogP contribution in [0.15, 0.2) is 11.1 Å². The van der Waals surface area contributed by atoms with E-state index in [1.54, 1.807) is 0 Å². The number of nitrogen functional groups attached to an aromatic ring is 1. The molecular weight excluding hydrogens is 208 g/mol. The zero-order valence-electron chi connectivity index (χ0n) is 9.19. The van der Waals surface area contributed by atoms with Crippen LogP contribution in [0.3, 0.4) is 0 Å². The van der Waals surface area contributed by atoms with Gasteiger partial charge >= 0.3 is 0 Å². The van der Waals surface area contributed by atoms with E-state index in [2.05, 4.69) is 15.3 Å². The maximum absolute atomic E-state index is 11.2. The molecule has 16 heavy (non-hydrogen) atoms. The minimum Gasteiger partial charge on any atom is -0.473 e. The van der Waals surface area contributed by atoms with Crippen LogP contribution in [0.2, 0.25) is 0 Å². The minimum absolute atomic E-state index is 0.0552. The lowest BCUT2D eigenvalue weighted by Crippen LogP contribution is -2.39. The molecule has 88 valence electrons. The molecule has 1 heterocycles. The number of nitrogens with two attached hydrogens (primary N) is 1. The Bertz CT molecular complexity index is 412. The van der Waals surface area contributed by atoms with Gasteiger partial charge in [0, 0.05) is 0 Å². The first-order valence-electron chi connectivity index (χ1n) is 5.35. The fourth-order valence-electron chi connectivity index (χ4n) is 1.87. The van der Waals surface area contributed by atoms with Gasteiger partial charge in [0.1, 0.15) is 6.10 Å². The van der Waals surface area contributed by atoms with E-state index >= 15 is 0 Å². The monoisotopic (exact) mass is 224 g/mol. The van der Waals surface area contributed by atoms with Crippen molar-refractivity contribution in [3.8, 4) is 5.88 Å². The summed E-state index contributed by atoms with van der Waals surface area (Å²) in [4.78, 5) is 17.5. The molecule has 0 spiro atoms. The first kappa shape index (κ1) is 10.9. The Hall–Kier alpha value is -1.56. The molecule has 0 unspecified atom stereocenters. The lowest BCUT2D eigenvalue weighted by atomic mass is 9.82. The Labute approximate surface area is 93.2 Å². The molecule has 1 aromatic heterocycles. The van der Waals surface area contributed by atoms with Gasteiger partial charge in [-0.15, -0.1) is 0 Å². The molecule has 0 saturated heterocycles. The minimum atomic E-state index is -0.351. The molecule has 0 aromatic carbocycles. The molecule has 6 heteroatoms. The molecule has 2 rings (SSSR count). The van der Waals surface area contributed by atoms with Gasteiger partial charge in [-0.25, -0.2) is 4.98 Å². The van der Waals surface area contributed by atoms with E-state index in [-0.39, 0.29) is 23.2 Å². The van der Waals surface area contributed by atoms with Gasteiger partial charge in [0.05, 0.1) is 6.33 Å². The van der Waals surface area contributed by atoms with Crippen LogP contribution in [0, 0.1) is 5.92 Å². The number of hydrogen-bond donors (Lipinski definition) is 3. The molecule has 1 saturated carbocycles. The first-order valence-corrected chi connectivity index (χ1v) is 5.35. The number of nitrogens with zero attached hydrogens (tertiary/aromatic N) is 1. The zero-order chi connectivity index (χ0) is 11.5. The summed E-state index contributed by atoms with van der Waals surface area (Å²) in [5.41, 5.74) is 5.26.